The molecule has 0 saturated carbocycles. The summed E-state index contributed by atoms with van der Waals surface area (Å²) in [6, 6.07) is 3.51. The molecule has 0 spiro atoms. The largest absolute Gasteiger partial charge is 0.490 e. The number of carboxylic acids is 1. The molecule has 1 saturated heterocycles. The van der Waals surface area contributed by atoms with Gasteiger partial charge in [0.2, 0.25) is 0 Å². The molecule has 1 aliphatic rings. The van der Waals surface area contributed by atoms with Crippen LogP contribution in [0.5, 0.6) is 0 Å². The van der Waals surface area contributed by atoms with E-state index < -0.39 is 12.1 Å². The molecule has 0 radical (unpaired) electrons. The van der Waals surface area contributed by atoms with Crippen LogP contribution >= 0.6 is 22.9 Å². The topological polar surface area (TPSA) is 78.4 Å². The number of rotatable bonds is 3. The van der Waals surface area contributed by atoms with Gasteiger partial charge in [-0.05, 0) is 37.6 Å². The number of carbonyl (C=O) groups is 2. The van der Waals surface area contributed by atoms with E-state index in [0.29, 0.717) is 15.1 Å². The average Bonchev–Trinajstić information content (AvgIpc) is 3.06. The summed E-state index contributed by atoms with van der Waals surface area (Å²) in [5.74, 6) is -2.20. The summed E-state index contributed by atoms with van der Waals surface area (Å²) in [4.78, 5) is 21.2. The molecule has 1 aliphatic heterocycles. The summed E-state index contributed by atoms with van der Waals surface area (Å²) in [6.45, 7) is 2.82. The molecule has 5 nitrogen and oxygen atoms in total. The number of hydrogen-bond donors (Lipinski definition) is 3. The lowest BCUT2D eigenvalue weighted by atomic mass is 10.1. The number of carbonyl (C=O) groups excluding carboxylic acids is 1. The third-order valence-electron chi connectivity index (χ3n) is 2.75. The Morgan fingerprint density at radius 1 is 1.45 bits per heavy atom. The fraction of sp³-hybridized carbons (Fsp3) is 0.500. The lowest BCUT2D eigenvalue weighted by Crippen LogP contribution is -2.29. The Labute approximate surface area is 133 Å². The normalized spacial score (nSPS) is 17.5. The molecule has 10 heteroatoms. The number of carboxylic acid groups (broad SMARTS) is 1. The van der Waals surface area contributed by atoms with Crippen molar-refractivity contribution >= 4 is 34.8 Å². The molecule has 22 heavy (non-hydrogen) atoms. The van der Waals surface area contributed by atoms with E-state index in [-0.39, 0.29) is 5.91 Å². The molecule has 2 rings (SSSR count). The molecule has 1 amide bonds. The molecule has 1 fully saturated rings. The standard InChI is InChI=1S/C10H13ClN2OS.C2HF3O2/c11-9-2-1-8(15-9)10(14)13-6-7-3-4-12-5-7;3-2(4,5)1(6)7/h1-2,7,12H,3-6H2,(H,13,14);(H,6,7)/t7-;/m0./s1. The Bertz CT molecular complexity index is 516. The second kappa shape index (κ2) is 8.35. The van der Waals surface area contributed by atoms with Crippen LogP contribution in [0.2, 0.25) is 4.34 Å². The molecule has 1 atom stereocenters. The third-order valence-corrected chi connectivity index (χ3v) is 3.98. The molecule has 0 aromatic carbocycles. The lowest BCUT2D eigenvalue weighted by molar-refractivity contribution is -0.192. The van der Waals surface area contributed by atoms with E-state index in [1.807, 2.05) is 0 Å². The van der Waals surface area contributed by atoms with Crippen molar-refractivity contribution in [2.24, 2.45) is 5.92 Å². The molecule has 3 N–H and O–H groups in total. The van der Waals surface area contributed by atoms with Crippen LogP contribution in [0, 0.1) is 5.92 Å². The minimum Gasteiger partial charge on any atom is -0.475 e. The highest BCUT2D eigenvalue weighted by Gasteiger charge is 2.38. The minimum absolute atomic E-state index is 0.0150. The van der Waals surface area contributed by atoms with Gasteiger partial charge < -0.3 is 15.7 Å². The fourth-order valence-corrected chi connectivity index (χ4v) is 2.61. The van der Waals surface area contributed by atoms with Crippen molar-refractivity contribution in [1.29, 1.82) is 0 Å². The second-order valence-electron chi connectivity index (χ2n) is 4.48. The summed E-state index contributed by atoms with van der Waals surface area (Å²) in [7, 11) is 0. The van der Waals surface area contributed by atoms with E-state index >= 15 is 0 Å². The van der Waals surface area contributed by atoms with Crippen molar-refractivity contribution in [3.8, 4) is 0 Å². The van der Waals surface area contributed by atoms with Crippen LogP contribution in [0.4, 0.5) is 13.2 Å². The van der Waals surface area contributed by atoms with Crippen LogP contribution in [0.25, 0.3) is 0 Å². The molecule has 2 heterocycles. The Morgan fingerprint density at radius 3 is 2.50 bits per heavy atom. The van der Waals surface area contributed by atoms with Gasteiger partial charge in [0, 0.05) is 6.54 Å². The van der Waals surface area contributed by atoms with Crippen LogP contribution in [-0.4, -0.2) is 42.8 Å². The zero-order valence-corrected chi connectivity index (χ0v) is 12.8. The van der Waals surface area contributed by atoms with E-state index in [1.165, 1.54) is 11.3 Å². The first-order valence-electron chi connectivity index (χ1n) is 6.24. The van der Waals surface area contributed by atoms with Crippen molar-refractivity contribution in [2.75, 3.05) is 19.6 Å². The van der Waals surface area contributed by atoms with Crippen molar-refractivity contribution in [3.63, 3.8) is 0 Å². The zero-order chi connectivity index (χ0) is 16.8. The van der Waals surface area contributed by atoms with Crippen LogP contribution < -0.4 is 10.6 Å². The van der Waals surface area contributed by atoms with Gasteiger partial charge in [-0.1, -0.05) is 11.6 Å². The number of thiophene rings is 1. The van der Waals surface area contributed by atoms with Gasteiger partial charge >= 0.3 is 12.1 Å². The molecular formula is C12H14ClF3N2O3S. The van der Waals surface area contributed by atoms with E-state index in [4.69, 9.17) is 21.5 Å². The molecule has 0 unspecified atom stereocenters. The van der Waals surface area contributed by atoms with Gasteiger partial charge in [-0.2, -0.15) is 13.2 Å². The maximum absolute atomic E-state index is 11.6. The molecule has 1 aromatic heterocycles. The maximum Gasteiger partial charge on any atom is 0.490 e. The Balaban J connectivity index is 0.000000295. The van der Waals surface area contributed by atoms with E-state index in [1.54, 1.807) is 12.1 Å². The van der Waals surface area contributed by atoms with Gasteiger partial charge in [0.1, 0.15) is 0 Å². The molecular weight excluding hydrogens is 345 g/mol. The number of aliphatic carboxylic acids is 1. The average molecular weight is 359 g/mol. The monoisotopic (exact) mass is 358 g/mol. The maximum atomic E-state index is 11.6. The van der Waals surface area contributed by atoms with Crippen molar-refractivity contribution < 1.29 is 27.9 Å². The molecule has 0 aliphatic carbocycles. The smallest absolute Gasteiger partial charge is 0.475 e. The van der Waals surface area contributed by atoms with Gasteiger partial charge in [-0.15, -0.1) is 11.3 Å². The summed E-state index contributed by atoms with van der Waals surface area (Å²) in [5, 5.41) is 13.3. The van der Waals surface area contributed by atoms with E-state index in [0.717, 1.165) is 26.1 Å². The summed E-state index contributed by atoms with van der Waals surface area (Å²) >= 11 is 7.08. The predicted molar refractivity (Wildman–Crippen MR) is 76.3 cm³/mol. The van der Waals surface area contributed by atoms with E-state index in [2.05, 4.69) is 10.6 Å². The number of alkyl halides is 3. The molecule has 1 aromatic rings. The van der Waals surface area contributed by atoms with Crippen molar-refractivity contribution in [1.82, 2.24) is 10.6 Å². The quantitative estimate of drug-likeness (QED) is 0.775. The first-order valence-corrected chi connectivity index (χ1v) is 7.44. The number of halogens is 4. The minimum atomic E-state index is -5.08. The number of hydrogen-bond acceptors (Lipinski definition) is 4. The molecule has 0 bridgehead atoms. The highest BCUT2D eigenvalue weighted by molar-refractivity contribution is 7.17. The highest BCUT2D eigenvalue weighted by atomic mass is 35.5. The lowest BCUT2D eigenvalue weighted by Gasteiger charge is -2.08. The van der Waals surface area contributed by atoms with Crippen LogP contribution in [0.15, 0.2) is 12.1 Å². The zero-order valence-electron chi connectivity index (χ0n) is 11.2. The second-order valence-corrected chi connectivity index (χ2v) is 6.19. The fourth-order valence-electron chi connectivity index (χ4n) is 1.65. The Morgan fingerprint density at radius 2 is 2.09 bits per heavy atom. The van der Waals surface area contributed by atoms with Crippen molar-refractivity contribution in [2.45, 2.75) is 12.6 Å². The van der Waals surface area contributed by atoms with Crippen LogP contribution in [-0.2, 0) is 4.79 Å². The van der Waals surface area contributed by atoms with Gasteiger partial charge in [0.05, 0.1) is 9.21 Å². The number of nitrogens with one attached hydrogen (secondary N) is 2. The third kappa shape index (κ3) is 6.63. The van der Waals surface area contributed by atoms with E-state index in [9.17, 15) is 18.0 Å². The van der Waals surface area contributed by atoms with Gasteiger partial charge in [0.15, 0.2) is 0 Å². The van der Waals surface area contributed by atoms with Gasteiger partial charge in [-0.3, -0.25) is 4.79 Å². The summed E-state index contributed by atoms with van der Waals surface area (Å²) in [6.07, 6.45) is -3.94. The first-order chi connectivity index (χ1) is 10.2. The SMILES string of the molecule is O=C(NC[C@H]1CCNC1)c1ccc(Cl)s1.O=C(O)C(F)(F)F. The first kappa shape index (κ1) is 18.7. The number of amides is 1. The van der Waals surface area contributed by atoms with Gasteiger partial charge in [0.25, 0.3) is 5.91 Å². The summed E-state index contributed by atoms with van der Waals surface area (Å²) < 4.78 is 32.4. The van der Waals surface area contributed by atoms with Gasteiger partial charge in [-0.25, -0.2) is 4.79 Å². The van der Waals surface area contributed by atoms with Crippen molar-refractivity contribution in [3.05, 3.63) is 21.3 Å². The molecule has 124 valence electrons. The Kier molecular flexibility index (Phi) is 7.11. The predicted octanol–water partition coefficient (Wildman–Crippen LogP) is 2.37. The van der Waals surface area contributed by atoms with Crippen LogP contribution in [0.1, 0.15) is 16.1 Å². The summed E-state index contributed by atoms with van der Waals surface area (Å²) in [5.41, 5.74) is 0. The van der Waals surface area contributed by atoms with Crippen LogP contribution in [0.3, 0.4) is 0 Å². The highest BCUT2D eigenvalue weighted by Crippen LogP contribution is 2.21. The Hall–Kier alpha value is -1.32.